The summed E-state index contributed by atoms with van der Waals surface area (Å²) >= 11 is 0. The minimum absolute atomic E-state index is 0.245. The summed E-state index contributed by atoms with van der Waals surface area (Å²) in [6, 6.07) is 12.6. The Hall–Kier alpha value is -2.18. The van der Waals surface area contributed by atoms with E-state index in [0.29, 0.717) is 17.2 Å². The quantitative estimate of drug-likeness (QED) is 0.847. The molecule has 22 heavy (non-hydrogen) atoms. The number of hydrogen-bond donors (Lipinski definition) is 2. The van der Waals surface area contributed by atoms with E-state index < -0.39 is 10.1 Å². The first-order chi connectivity index (χ1) is 10.3. The third-order valence-electron chi connectivity index (χ3n) is 3.23. The zero-order valence-electron chi connectivity index (χ0n) is 12.3. The maximum atomic E-state index is 12.1. The highest BCUT2D eigenvalue weighted by atomic mass is 32.2. The van der Waals surface area contributed by atoms with Crippen LogP contribution in [0, 0.1) is 0 Å². The molecule has 0 unspecified atom stereocenters. The van der Waals surface area contributed by atoms with Crippen LogP contribution in [0.25, 0.3) is 0 Å². The Kier molecular flexibility index (Phi) is 4.63. The fraction of sp³-hybridized carbons (Fsp3) is 0.188. The number of hydrogen-bond acceptors (Lipinski definition) is 3. The van der Waals surface area contributed by atoms with Crippen LogP contribution in [-0.4, -0.2) is 18.9 Å². The van der Waals surface area contributed by atoms with Crippen molar-refractivity contribution in [1.29, 1.82) is 0 Å². The van der Waals surface area contributed by atoms with Gasteiger partial charge in [-0.15, -0.1) is 0 Å². The van der Waals surface area contributed by atoms with Crippen molar-refractivity contribution >= 4 is 21.7 Å². The lowest BCUT2D eigenvalue weighted by atomic mass is 10.0. The van der Waals surface area contributed by atoms with Crippen LogP contribution in [0.1, 0.15) is 35.7 Å². The monoisotopic (exact) mass is 319 g/mol. The molecule has 0 saturated heterocycles. The van der Waals surface area contributed by atoms with Crippen LogP contribution in [0.2, 0.25) is 0 Å². The molecule has 0 heterocycles. The summed E-state index contributed by atoms with van der Waals surface area (Å²) in [6.07, 6.45) is 0. The van der Waals surface area contributed by atoms with Crippen molar-refractivity contribution in [3.05, 3.63) is 59.7 Å². The third kappa shape index (κ3) is 3.93. The Bertz CT molecular complexity index is 780. The van der Waals surface area contributed by atoms with E-state index in [0.717, 1.165) is 5.56 Å². The van der Waals surface area contributed by atoms with Gasteiger partial charge in [0.2, 0.25) is 0 Å². The van der Waals surface area contributed by atoms with E-state index in [2.05, 4.69) is 19.2 Å². The fourth-order valence-corrected chi connectivity index (χ4v) is 2.44. The first kappa shape index (κ1) is 16.2. The molecule has 0 spiro atoms. The number of rotatable bonds is 4. The van der Waals surface area contributed by atoms with Gasteiger partial charge in [0.1, 0.15) is 0 Å². The predicted octanol–water partition coefficient (Wildman–Crippen LogP) is 3.31. The van der Waals surface area contributed by atoms with Crippen LogP contribution in [0.4, 0.5) is 5.69 Å². The maximum Gasteiger partial charge on any atom is 0.294 e. The minimum atomic E-state index is -4.25. The lowest BCUT2D eigenvalue weighted by molar-refractivity contribution is 0.102. The van der Waals surface area contributed by atoms with E-state index in [9.17, 15) is 13.2 Å². The number of amides is 1. The molecule has 0 bridgehead atoms. The second-order valence-corrected chi connectivity index (χ2v) is 6.66. The molecule has 5 nitrogen and oxygen atoms in total. The average Bonchev–Trinajstić information content (AvgIpc) is 2.46. The molecule has 0 aromatic heterocycles. The van der Waals surface area contributed by atoms with E-state index in [4.69, 9.17) is 4.55 Å². The molecule has 6 heteroatoms. The molecule has 0 saturated carbocycles. The van der Waals surface area contributed by atoms with Gasteiger partial charge in [0.15, 0.2) is 0 Å². The van der Waals surface area contributed by atoms with Gasteiger partial charge in [-0.3, -0.25) is 9.35 Å². The third-order valence-corrected chi connectivity index (χ3v) is 4.09. The zero-order chi connectivity index (χ0) is 16.3. The molecule has 2 rings (SSSR count). The second kappa shape index (κ2) is 6.29. The normalized spacial score (nSPS) is 11.5. The van der Waals surface area contributed by atoms with Gasteiger partial charge in [-0.05, 0) is 47.9 Å². The topological polar surface area (TPSA) is 83.5 Å². The summed E-state index contributed by atoms with van der Waals surface area (Å²) in [6.45, 7) is 4.13. The molecule has 0 aliphatic carbocycles. The lowest BCUT2D eigenvalue weighted by Crippen LogP contribution is -2.12. The highest BCUT2D eigenvalue weighted by molar-refractivity contribution is 7.85. The van der Waals surface area contributed by atoms with E-state index in [1.165, 1.54) is 24.3 Å². The predicted molar refractivity (Wildman–Crippen MR) is 84.7 cm³/mol. The minimum Gasteiger partial charge on any atom is -0.322 e. The fourth-order valence-electron chi connectivity index (χ4n) is 1.96. The van der Waals surface area contributed by atoms with Gasteiger partial charge in [0.05, 0.1) is 4.90 Å². The van der Waals surface area contributed by atoms with E-state index in [-0.39, 0.29) is 10.8 Å². The molecular formula is C16H17NO4S. The second-order valence-electron chi connectivity index (χ2n) is 5.23. The van der Waals surface area contributed by atoms with Crippen LogP contribution in [0.5, 0.6) is 0 Å². The summed E-state index contributed by atoms with van der Waals surface area (Å²) < 4.78 is 30.8. The lowest BCUT2D eigenvalue weighted by Gasteiger charge is -2.09. The van der Waals surface area contributed by atoms with E-state index in [1.54, 1.807) is 6.07 Å². The average molecular weight is 319 g/mol. The van der Waals surface area contributed by atoms with E-state index in [1.807, 2.05) is 18.2 Å². The molecule has 0 atom stereocenters. The number of nitrogens with one attached hydrogen (secondary N) is 1. The van der Waals surface area contributed by atoms with Crippen molar-refractivity contribution in [2.24, 2.45) is 0 Å². The van der Waals surface area contributed by atoms with Gasteiger partial charge in [-0.2, -0.15) is 8.42 Å². The zero-order valence-corrected chi connectivity index (χ0v) is 13.1. The molecule has 116 valence electrons. The molecule has 0 radical (unpaired) electrons. The van der Waals surface area contributed by atoms with Crippen LogP contribution in [-0.2, 0) is 10.1 Å². The number of carbonyl (C=O) groups is 1. The molecule has 0 aliphatic rings. The summed E-state index contributed by atoms with van der Waals surface area (Å²) in [5, 5.41) is 2.76. The number of benzene rings is 2. The van der Waals surface area contributed by atoms with Crippen LogP contribution < -0.4 is 5.32 Å². The summed E-state index contributed by atoms with van der Waals surface area (Å²) in [4.78, 5) is 11.9. The number of carbonyl (C=O) groups excluding carboxylic acids is 1. The summed E-state index contributed by atoms with van der Waals surface area (Å²) in [7, 11) is -4.25. The van der Waals surface area contributed by atoms with Gasteiger partial charge < -0.3 is 5.32 Å². The van der Waals surface area contributed by atoms with Crippen molar-refractivity contribution < 1.29 is 17.8 Å². The van der Waals surface area contributed by atoms with Gasteiger partial charge in [0, 0.05) is 11.3 Å². The van der Waals surface area contributed by atoms with Gasteiger partial charge in [-0.1, -0.05) is 26.0 Å². The summed E-state index contributed by atoms with van der Waals surface area (Å²) in [5.74, 6) is 0.00805. The molecule has 2 N–H and O–H groups in total. The Balaban J connectivity index is 2.17. The van der Waals surface area contributed by atoms with Gasteiger partial charge in [-0.25, -0.2) is 0 Å². The van der Waals surface area contributed by atoms with Crippen LogP contribution >= 0.6 is 0 Å². The van der Waals surface area contributed by atoms with Crippen LogP contribution in [0.15, 0.2) is 53.4 Å². The molecule has 1 amide bonds. The molecule has 2 aromatic carbocycles. The molecule has 2 aromatic rings. The van der Waals surface area contributed by atoms with Crippen molar-refractivity contribution in [1.82, 2.24) is 0 Å². The highest BCUT2D eigenvalue weighted by Crippen LogP contribution is 2.19. The Morgan fingerprint density at radius 1 is 1.09 bits per heavy atom. The van der Waals surface area contributed by atoms with E-state index >= 15 is 0 Å². The van der Waals surface area contributed by atoms with Crippen molar-refractivity contribution in [3.63, 3.8) is 0 Å². The van der Waals surface area contributed by atoms with Crippen LogP contribution in [0.3, 0.4) is 0 Å². The van der Waals surface area contributed by atoms with Crippen molar-refractivity contribution in [2.45, 2.75) is 24.7 Å². The van der Waals surface area contributed by atoms with Crippen molar-refractivity contribution in [3.8, 4) is 0 Å². The standard InChI is InChI=1S/C16H17NO4S/c1-11(2)13-4-3-5-14(10-13)17-16(18)12-6-8-15(9-7-12)22(19,20)21/h3-11H,1-2H3,(H,17,18)(H,19,20,21). The van der Waals surface area contributed by atoms with Gasteiger partial charge in [0.25, 0.3) is 16.0 Å². The first-order valence-electron chi connectivity index (χ1n) is 6.76. The molecule has 0 fully saturated rings. The molecule has 0 aliphatic heterocycles. The van der Waals surface area contributed by atoms with Gasteiger partial charge >= 0.3 is 0 Å². The largest absolute Gasteiger partial charge is 0.322 e. The first-order valence-corrected chi connectivity index (χ1v) is 8.20. The van der Waals surface area contributed by atoms with Crippen molar-refractivity contribution in [2.75, 3.05) is 5.32 Å². The Morgan fingerprint density at radius 3 is 2.27 bits per heavy atom. The Morgan fingerprint density at radius 2 is 1.73 bits per heavy atom. The Labute approximate surface area is 129 Å². The molecular weight excluding hydrogens is 302 g/mol. The highest BCUT2D eigenvalue weighted by Gasteiger charge is 2.12. The SMILES string of the molecule is CC(C)c1cccc(NC(=O)c2ccc(S(=O)(=O)O)cc2)c1. The maximum absolute atomic E-state index is 12.1. The number of anilines is 1. The smallest absolute Gasteiger partial charge is 0.294 e. The summed E-state index contributed by atoms with van der Waals surface area (Å²) in [5.41, 5.74) is 2.09.